The molecule has 6 heteroatoms. The first kappa shape index (κ1) is 21.8. The zero-order chi connectivity index (χ0) is 17.9. The van der Waals surface area contributed by atoms with Gasteiger partial charge in [-0.05, 0) is 33.7 Å². The number of amides is 1. The second kappa shape index (κ2) is 10.5. The molecule has 2 N–H and O–H groups in total. The number of hydrogen-bond acceptors (Lipinski definition) is 4. The SMILES string of the molecule is CCCNCC(C)N=C=NC(C)(C)C(=O)NCCC[N+](C)(C)C. The molecular formula is C17H36N5O+. The van der Waals surface area contributed by atoms with Crippen molar-refractivity contribution in [2.45, 2.75) is 52.1 Å². The van der Waals surface area contributed by atoms with Crippen LogP contribution >= 0.6 is 0 Å². The minimum Gasteiger partial charge on any atom is -0.354 e. The molecule has 23 heavy (non-hydrogen) atoms. The maximum atomic E-state index is 12.2. The highest BCUT2D eigenvalue weighted by Gasteiger charge is 2.26. The van der Waals surface area contributed by atoms with Crippen LogP contribution in [0.2, 0.25) is 0 Å². The monoisotopic (exact) mass is 326 g/mol. The summed E-state index contributed by atoms with van der Waals surface area (Å²) in [5.74, 6) is -0.0848. The molecule has 0 fully saturated rings. The summed E-state index contributed by atoms with van der Waals surface area (Å²) in [6, 6.07) is 2.80. The quantitative estimate of drug-likeness (QED) is 0.344. The minimum atomic E-state index is -0.837. The molecule has 0 aliphatic carbocycles. The molecule has 0 heterocycles. The number of nitrogens with one attached hydrogen (secondary N) is 2. The van der Waals surface area contributed by atoms with E-state index in [2.05, 4.69) is 54.7 Å². The van der Waals surface area contributed by atoms with Gasteiger partial charge in [-0.25, -0.2) is 9.98 Å². The molecule has 134 valence electrons. The Morgan fingerprint density at radius 3 is 2.48 bits per heavy atom. The third kappa shape index (κ3) is 11.9. The Morgan fingerprint density at radius 1 is 1.26 bits per heavy atom. The van der Waals surface area contributed by atoms with Crippen molar-refractivity contribution in [1.29, 1.82) is 0 Å². The van der Waals surface area contributed by atoms with E-state index in [-0.39, 0.29) is 11.9 Å². The van der Waals surface area contributed by atoms with Gasteiger partial charge >= 0.3 is 0 Å². The zero-order valence-electron chi connectivity index (χ0n) is 16.1. The van der Waals surface area contributed by atoms with E-state index in [1.165, 1.54) is 0 Å². The van der Waals surface area contributed by atoms with E-state index < -0.39 is 5.54 Å². The molecule has 1 atom stereocenters. The summed E-state index contributed by atoms with van der Waals surface area (Å²) < 4.78 is 0.897. The zero-order valence-corrected chi connectivity index (χ0v) is 16.1. The number of hydrogen-bond donors (Lipinski definition) is 2. The highest BCUT2D eigenvalue weighted by atomic mass is 16.2. The second-order valence-corrected chi connectivity index (χ2v) is 7.58. The molecule has 0 aliphatic rings. The maximum Gasteiger partial charge on any atom is 0.248 e. The van der Waals surface area contributed by atoms with Crippen LogP contribution < -0.4 is 10.6 Å². The van der Waals surface area contributed by atoms with E-state index in [0.29, 0.717) is 6.54 Å². The standard InChI is InChI=1S/C17H35N5O/c1-8-10-18-13-15(2)20-14-21-17(3,4)16(23)19-11-9-12-22(5,6)7/h15,18H,8-13H2,1-7H3/p+1. The van der Waals surface area contributed by atoms with Crippen molar-refractivity contribution in [3.8, 4) is 0 Å². The lowest BCUT2D eigenvalue weighted by atomic mass is 10.1. The fourth-order valence-corrected chi connectivity index (χ4v) is 1.81. The molecule has 0 bridgehead atoms. The predicted molar refractivity (Wildman–Crippen MR) is 97.1 cm³/mol. The van der Waals surface area contributed by atoms with Crippen molar-refractivity contribution >= 4 is 11.9 Å². The van der Waals surface area contributed by atoms with Crippen molar-refractivity contribution in [2.75, 3.05) is 47.3 Å². The predicted octanol–water partition coefficient (Wildman–Crippen LogP) is 1.54. The van der Waals surface area contributed by atoms with Gasteiger partial charge in [0, 0.05) is 19.5 Å². The normalized spacial score (nSPS) is 13.2. The third-order valence-corrected chi connectivity index (χ3v) is 3.32. The lowest BCUT2D eigenvalue weighted by Crippen LogP contribution is -2.43. The number of nitrogens with zero attached hydrogens (tertiary/aromatic N) is 3. The van der Waals surface area contributed by atoms with Gasteiger partial charge in [-0.3, -0.25) is 4.79 Å². The highest BCUT2D eigenvalue weighted by Crippen LogP contribution is 2.07. The summed E-state index contributed by atoms with van der Waals surface area (Å²) in [6.45, 7) is 11.2. The molecular weight excluding hydrogens is 290 g/mol. The first-order valence-corrected chi connectivity index (χ1v) is 8.54. The molecule has 0 saturated carbocycles. The van der Waals surface area contributed by atoms with Crippen LogP contribution in [0.5, 0.6) is 0 Å². The van der Waals surface area contributed by atoms with E-state index in [1.807, 2.05) is 6.92 Å². The minimum absolute atomic E-state index is 0.0848. The van der Waals surface area contributed by atoms with Gasteiger partial charge in [-0.15, -0.1) is 0 Å². The Labute approximate surface area is 142 Å². The van der Waals surface area contributed by atoms with Gasteiger partial charge in [-0.2, -0.15) is 0 Å². The van der Waals surface area contributed by atoms with Crippen molar-refractivity contribution in [3.05, 3.63) is 0 Å². The lowest BCUT2D eigenvalue weighted by Gasteiger charge is -2.24. The smallest absolute Gasteiger partial charge is 0.248 e. The Morgan fingerprint density at radius 2 is 1.91 bits per heavy atom. The van der Waals surface area contributed by atoms with Crippen LogP contribution in [0.3, 0.4) is 0 Å². The molecule has 0 aliphatic heterocycles. The van der Waals surface area contributed by atoms with E-state index in [4.69, 9.17) is 0 Å². The van der Waals surface area contributed by atoms with Gasteiger partial charge in [0.05, 0.1) is 39.7 Å². The first-order valence-electron chi connectivity index (χ1n) is 8.54. The average molecular weight is 327 g/mol. The van der Waals surface area contributed by atoms with Gasteiger partial charge in [0.1, 0.15) is 5.54 Å². The van der Waals surface area contributed by atoms with Gasteiger partial charge in [-0.1, -0.05) is 6.92 Å². The third-order valence-electron chi connectivity index (χ3n) is 3.32. The van der Waals surface area contributed by atoms with Crippen LogP contribution in [0.15, 0.2) is 9.98 Å². The average Bonchev–Trinajstić information content (AvgIpc) is 2.42. The number of carbonyl (C=O) groups is 1. The van der Waals surface area contributed by atoms with Crippen molar-refractivity contribution < 1.29 is 9.28 Å². The van der Waals surface area contributed by atoms with E-state index in [0.717, 1.165) is 37.0 Å². The van der Waals surface area contributed by atoms with E-state index >= 15 is 0 Å². The summed E-state index contributed by atoms with van der Waals surface area (Å²) >= 11 is 0. The number of carbonyl (C=O) groups excluding carboxylic acids is 1. The summed E-state index contributed by atoms with van der Waals surface area (Å²) in [5.41, 5.74) is -0.837. The Kier molecular flexibility index (Phi) is 9.96. The van der Waals surface area contributed by atoms with Gasteiger partial charge < -0.3 is 15.1 Å². The van der Waals surface area contributed by atoms with Crippen molar-refractivity contribution in [3.63, 3.8) is 0 Å². The molecule has 1 unspecified atom stereocenters. The number of quaternary nitrogens is 1. The summed E-state index contributed by atoms with van der Waals surface area (Å²) in [4.78, 5) is 20.6. The molecule has 0 rings (SSSR count). The Hall–Kier alpha value is -1.23. The Bertz CT molecular complexity index is 406. The van der Waals surface area contributed by atoms with E-state index in [1.54, 1.807) is 13.8 Å². The van der Waals surface area contributed by atoms with Crippen LogP contribution in [0.1, 0.15) is 40.5 Å². The van der Waals surface area contributed by atoms with Crippen LogP contribution in [-0.2, 0) is 4.79 Å². The van der Waals surface area contributed by atoms with Crippen LogP contribution in [0.4, 0.5) is 0 Å². The van der Waals surface area contributed by atoms with E-state index in [9.17, 15) is 4.79 Å². The fourth-order valence-electron chi connectivity index (χ4n) is 1.81. The summed E-state index contributed by atoms with van der Waals surface area (Å²) in [5, 5.41) is 6.23. The molecule has 0 aromatic heterocycles. The van der Waals surface area contributed by atoms with Crippen molar-refractivity contribution in [2.24, 2.45) is 9.98 Å². The van der Waals surface area contributed by atoms with Crippen LogP contribution in [0, 0.1) is 0 Å². The summed E-state index contributed by atoms with van der Waals surface area (Å²) in [7, 11) is 6.43. The summed E-state index contributed by atoms with van der Waals surface area (Å²) in [6.07, 6.45) is 2.05. The molecule has 0 aromatic carbocycles. The van der Waals surface area contributed by atoms with Gasteiger partial charge in [0.15, 0.2) is 0 Å². The van der Waals surface area contributed by atoms with Gasteiger partial charge in [0.2, 0.25) is 5.91 Å². The molecule has 6 nitrogen and oxygen atoms in total. The van der Waals surface area contributed by atoms with Gasteiger partial charge in [0.25, 0.3) is 0 Å². The van der Waals surface area contributed by atoms with Crippen LogP contribution in [0.25, 0.3) is 0 Å². The Balaban J connectivity index is 4.27. The first-order chi connectivity index (χ1) is 10.6. The van der Waals surface area contributed by atoms with Crippen LogP contribution in [-0.4, -0.2) is 75.3 Å². The highest BCUT2D eigenvalue weighted by molar-refractivity contribution is 5.86. The largest absolute Gasteiger partial charge is 0.354 e. The number of aliphatic imine (C=N–C) groups is 2. The molecule has 0 saturated heterocycles. The molecule has 0 aromatic rings. The molecule has 0 radical (unpaired) electrons. The van der Waals surface area contributed by atoms with Crippen molar-refractivity contribution in [1.82, 2.24) is 10.6 Å². The second-order valence-electron chi connectivity index (χ2n) is 7.58. The topological polar surface area (TPSA) is 65.8 Å². The maximum absolute atomic E-state index is 12.2. The number of rotatable bonds is 11. The molecule has 0 spiro atoms. The lowest BCUT2D eigenvalue weighted by molar-refractivity contribution is -0.870. The molecule has 1 amide bonds. The fraction of sp³-hybridized carbons (Fsp3) is 0.882.